The highest BCUT2D eigenvalue weighted by molar-refractivity contribution is 5.81. The molecule has 4 heteroatoms. The van der Waals surface area contributed by atoms with Gasteiger partial charge in [0, 0.05) is 24.8 Å². The number of carboxylic acids is 1. The molecule has 1 aromatic heterocycles. The number of hydrogen-bond donors (Lipinski definition) is 2. The Hall–Kier alpha value is -1.81. The standard InChI is InChI=1S/C15H20N2O2/c1-15(2,14(18)19)10-17-7-6-12-5-4-11(9-16-3)8-13(12)17/h4-8,16H,9-10H2,1-3H3,(H,18,19). The first-order valence-electron chi connectivity index (χ1n) is 6.40. The van der Waals surface area contributed by atoms with Crippen LogP contribution in [0.15, 0.2) is 30.5 Å². The molecule has 2 rings (SSSR count). The minimum atomic E-state index is -0.777. The van der Waals surface area contributed by atoms with Gasteiger partial charge in [0.1, 0.15) is 0 Å². The van der Waals surface area contributed by atoms with Crippen molar-refractivity contribution in [1.29, 1.82) is 0 Å². The molecule has 1 heterocycles. The van der Waals surface area contributed by atoms with Gasteiger partial charge in [-0.3, -0.25) is 4.79 Å². The van der Waals surface area contributed by atoms with E-state index in [2.05, 4.69) is 23.5 Å². The Labute approximate surface area is 113 Å². The van der Waals surface area contributed by atoms with Crippen LogP contribution in [-0.2, 0) is 17.9 Å². The van der Waals surface area contributed by atoms with Gasteiger partial charge in [-0.25, -0.2) is 0 Å². The fourth-order valence-electron chi connectivity index (χ4n) is 2.17. The molecule has 19 heavy (non-hydrogen) atoms. The van der Waals surface area contributed by atoms with Gasteiger partial charge in [0.2, 0.25) is 0 Å². The average molecular weight is 260 g/mol. The van der Waals surface area contributed by atoms with Crippen LogP contribution < -0.4 is 5.32 Å². The van der Waals surface area contributed by atoms with Gasteiger partial charge in [-0.2, -0.15) is 0 Å². The van der Waals surface area contributed by atoms with Crippen molar-refractivity contribution in [2.75, 3.05) is 7.05 Å². The quantitative estimate of drug-likeness (QED) is 0.868. The normalized spacial score (nSPS) is 11.9. The minimum absolute atomic E-state index is 0.467. The monoisotopic (exact) mass is 260 g/mol. The molecular weight excluding hydrogens is 240 g/mol. The van der Waals surface area contributed by atoms with Crippen molar-refractivity contribution in [2.45, 2.75) is 26.9 Å². The average Bonchev–Trinajstić information content (AvgIpc) is 2.72. The molecule has 0 aliphatic heterocycles. The lowest BCUT2D eigenvalue weighted by atomic mass is 9.94. The molecule has 0 unspecified atom stereocenters. The van der Waals surface area contributed by atoms with Gasteiger partial charge in [-0.15, -0.1) is 0 Å². The molecule has 0 fully saturated rings. The maximum atomic E-state index is 11.2. The summed E-state index contributed by atoms with van der Waals surface area (Å²) in [5.41, 5.74) is 1.51. The number of benzene rings is 1. The first-order valence-corrected chi connectivity index (χ1v) is 6.40. The van der Waals surface area contributed by atoms with Crippen molar-refractivity contribution in [3.05, 3.63) is 36.0 Å². The highest BCUT2D eigenvalue weighted by Crippen LogP contribution is 2.24. The zero-order valence-electron chi connectivity index (χ0n) is 11.6. The molecule has 0 saturated heterocycles. The van der Waals surface area contributed by atoms with E-state index in [1.165, 1.54) is 5.56 Å². The van der Waals surface area contributed by atoms with Gasteiger partial charge < -0.3 is 15.0 Å². The first-order chi connectivity index (χ1) is 8.94. The summed E-state index contributed by atoms with van der Waals surface area (Å²) >= 11 is 0. The molecule has 102 valence electrons. The van der Waals surface area contributed by atoms with Gasteiger partial charge in [0.15, 0.2) is 0 Å². The van der Waals surface area contributed by atoms with Gasteiger partial charge >= 0.3 is 5.97 Å². The number of nitrogens with zero attached hydrogens (tertiary/aromatic N) is 1. The van der Waals surface area contributed by atoms with E-state index in [1.54, 1.807) is 13.8 Å². The topological polar surface area (TPSA) is 54.3 Å². The number of carbonyl (C=O) groups is 1. The molecule has 4 nitrogen and oxygen atoms in total. The van der Waals surface area contributed by atoms with Gasteiger partial charge in [-0.1, -0.05) is 12.1 Å². The van der Waals surface area contributed by atoms with Crippen LogP contribution in [0.5, 0.6) is 0 Å². The van der Waals surface area contributed by atoms with Crippen LogP contribution in [0, 0.1) is 5.41 Å². The summed E-state index contributed by atoms with van der Waals surface area (Å²) in [6, 6.07) is 8.30. The summed E-state index contributed by atoms with van der Waals surface area (Å²) in [7, 11) is 1.91. The Morgan fingerprint density at radius 1 is 1.37 bits per heavy atom. The molecule has 0 spiro atoms. The summed E-state index contributed by atoms with van der Waals surface area (Å²) < 4.78 is 2.02. The predicted molar refractivity (Wildman–Crippen MR) is 76.1 cm³/mol. The summed E-state index contributed by atoms with van der Waals surface area (Å²) in [6.45, 7) is 4.77. The van der Waals surface area contributed by atoms with E-state index in [4.69, 9.17) is 0 Å². The molecule has 0 amide bonds. The molecule has 1 aromatic carbocycles. The Bertz CT molecular complexity index is 599. The zero-order chi connectivity index (χ0) is 14.0. The maximum absolute atomic E-state index is 11.2. The third-order valence-electron chi connectivity index (χ3n) is 3.36. The van der Waals surface area contributed by atoms with E-state index in [0.29, 0.717) is 6.54 Å². The summed E-state index contributed by atoms with van der Waals surface area (Å²) in [5.74, 6) is -0.777. The number of fused-ring (bicyclic) bond motifs is 1. The van der Waals surface area contributed by atoms with Crippen molar-refractivity contribution < 1.29 is 9.90 Å². The van der Waals surface area contributed by atoms with E-state index in [-0.39, 0.29) is 0 Å². The number of rotatable bonds is 5. The fourth-order valence-corrected chi connectivity index (χ4v) is 2.17. The van der Waals surface area contributed by atoms with Crippen LogP contribution in [0.3, 0.4) is 0 Å². The summed E-state index contributed by atoms with van der Waals surface area (Å²) in [5, 5.41) is 13.5. The van der Waals surface area contributed by atoms with Crippen molar-refractivity contribution in [3.63, 3.8) is 0 Å². The Balaban J connectivity index is 2.38. The van der Waals surface area contributed by atoms with E-state index in [0.717, 1.165) is 17.4 Å². The molecule has 0 radical (unpaired) electrons. The second-order valence-electron chi connectivity index (χ2n) is 5.56. The lowest BCUT2D eigenvalue weighted by Gasteiger charge is -2.20. The van der Waals surface area contributed by atoms with E-state index in [1.807, 2.05) is 23.9 Å². The van der Waals surface area contributed by atoms with Crippen molar-refractivity contribution in [2.24, 2.45) is 5.41 Å². The first kappa shape index (κ1) is 13.6. The smallest absolute Gasteiger partial charge is 0.310 e. The Kier molecular flexibility index (Phi) is 3.62. The van der Waals surface area contributed by atoms with Gasteiger partial charge in [0.05, 0.1) is 5.41 Å². The minimum Gasteiger partial charge on any atom is -0.481 e. The lowest BCUT2D eigenvalue weighted by Crippen LogP contribution is -2.28. The Morgan fingerprint density at radius 2 is 2.11 bits per heavy atom. The zero-order valence-corrected chi connectivity index (χ0v) is 11.6. The van der Waals surface area contributed by atoms with E-state index in [9.17, 15) is 9.90 Å². The van der Waals surface area contributed by atoms with Gasteiger partial charge in [-0.05, 0) is 44.0 Å². The van der Waals surface area contributed by atoms with Crippen LogP contribution in [0.2, 0.25) is 0 Å². The number of aliphatic carboxylic acids is 1. The van der Waals surface area contributed by atoms with Crippen LogP contribution in [0.4, 0.5) is 0 Å². The van der Waals surface area contributed by atoms with E-state index < -0.39 is 11.4 Å². The third-order valence-corrected chi connectivity index (χ3v) is 3.36. The fraction of sp³-hybridized carbons (Fsp3) is 0.400. The molecule has 0 aliphatic rings. The summed E-state index contributed by atoms with van der Waals surface area (Å²) in [4.78, 5) is 11.2. The molecule has 0 saturated carbocycles. The highest BCUT2D eigenvalue weighted by atomic mass is 16.4. The van der Waals surface area contributed by atoms with Crippen LogP contribution in [0.25, 0.3) is 10.9 Å². The number of aromatic nitrogens is 1. The van der Waals surface area contributed by atoms with Crippen LogP contribution in [-0.4, -0.2) is 22.7 Å². The maximum Gasteiger partial charge on any atom is 0.310 e. The van der Waals surface area contributed by atoms with Crippen molar-refractivity contribution >= 4 is 16.9 Å². The number of carboxylic acid groups (broad SMARTS) is 1. The van der Waals surface area contributed by atoms with Crippen LogP contribution in [0.1, 0.15) is 19.4 Å². The highest BCUT2D eigenvalue weighted by Gasteiger charge is 2.27. The molecule has 2 N–H and O–H groups in total. The molecular formula is C15H20N2O2. The molecule has 2 aromatic rings. The van der Waals surface area contributed by atoms with Crippen LogP contribution >= 0.6 is 0 Å². The summed E-state index contributed by atoms with van der Waals surface area (Å²) in [6.07, 6.45) is 1.96. The number of hydrogen-bond acceptors (Lipinski definition) is 2. The Morgan fingerprint density at radius 3 is 2.74 bits per heavy atom. The van der Waals surface area contributed by atoms with Crippen molar-refractivity contribution in [1.82, 2.24) is 9.88 Å². The van der Waals surface area contributed by atoms with Gasteiger partial charge in [0.25, 0.3) is 0 Å². The second kappa shape index (κ2) is 5.05. The van der Waals surface area contributed by atoms with E-state index >= 15 is 0 Å². The van der Waals surface area contributed by atoms with Crippen molar-refractivity contribution in [3.8, 4) is 0 Å². The lowest BCUT2D eigenvalue weighted by molar-refractivity contribution is -0.147. The molecule has 0 atom stereocenters. The SMILES string of the molecule is CNCc1ccc2ccn(CC(C)(C)C(=O)O)c2c1. The largest absolute Gasteiger partial charge is 0.481 e. The second-order valence-corrected chi connectivity index (χ2v) is 5.56. The predicted octanol–water partition coefficient (Wildman–Crippen LogP) is 2.47. The molecule has 0 aliphatic carbocycles. The molecule has 0 bridgehead atoms. The number of nitrogens with one attached hydrogen (secondary N) is 1. The third kappa shape index (κ3) is 2.79.